The standard InChI is InChI=1S/C19H22ClNO5/c1-6-21-11(2)7-14(12(21)3)16(22)10-26-19(23)13-8-15(20)18(25-5)17(9-13)24-4/h7-9H,6,10H2,1-5H3. The topological polar surface area (TPSA) is 66.8 Å². The van der Waals surface area contributed by atoms with Gasteiger partial charge in [0.05, 0.1) is 24.8 Å². The summed E-state index contributed by atoms with van der Waals surface area (Å²) in [5, 5.41) is 0.219. The summed E-state index contributed by atoms with van der Waals surface area (Å²) in [4.78, 5) is 24.7. The molecule has 2 rings (SSSR count). The van der Waals surface area contributed by atoms with Crippen molar-refractivity contribution in [1.29, 1.82) is 0 Å². The zero-order chi connectivity index (χ0) is 19.4. The number of aryl methyl sites for hydroxylation is 1. The number of ether oxygens (including phenoxy) is 3. The summed E-state index contributed by atoms with van der Waals surface area (Å²) in [6.07, 6.45) is 0. The maximum absolute atomic E-state index is 12.4. The van der Waals surface area contributed by atoms with Gasteiger partial charge in [0, 0.05) is 23.5 Å². The molecule has 140 valence electrons. The molecule has 1 aromatic carbocycles. The Kier molecular flexibility index (Phi) is 6.32. The van der Waals surface area contributed by atoms with Crippen LogP contribution in [-0.4, -0.2) is 37.1 Å². The van der Waals surface area contributed by atoms with Gasteiger partial charge in [-0.25, -0.2) is 4.79 Å². The molecule has 7 heteroatoms. The molecule has 6 nitrogen and oxygen atoms in total. The van der Waals surface area contributed by atoms with Crippen LogP contribution in [0.5, 0.6) is 11.5 Å². The predicted octanol–water partition coefficient (Wildman–Crippen LogP) is 3.84. The molecule has 0 amide bonds. The van der Waals surface area contributed by atoms with E-state index in [1.165, 1.54) is 26.4 Å². The molecule has 1 aromatic heterocycles. The van der Waals surface area contributed by atoms with E-state index in [1.54, 1.807) is 0 Å². The summed E-state index contributed by atoms with van der Waals surface area (Å²) in [5.74, 6) is -0.276. The summed E-state index contributed by atoms with van der Waals surface area (Å²) < 4.78 is 17.5. The van der Waals surface area contributed by atoms with E-state index in [9.17, 15) is 9.59 Å². The Hall–Kier alpha value is -2.47. The summed E-state index contributed by atoms with van der Waals surface area (Å²) >= 11 is 6.09. The molecule has 0 spiro atoms. The van der Waals surface area contributed by atoms with Crippen molar-refractivity contribution >= 4 is 23.4 Å². The third-order valence-electron chi connectivity index (χ3n) is 4.19. The number of hydrogen-bond acceptors (Lipinski definition) is 5. The van der Waals surface area contributed by atoms with Gasteiger partial charge in [0.15, 0.2) is 18.1 Å². The molecule has 0 fully saturated rings. The Balaban J connectivity index is 2.14. The van der Waals surface area contributed by atoms with Crippen LogP contribution in [0.4, 0.5) is 0 Å². The van der Waals surface area contributed by atoms with E-state index in [4.69, 9.17) is 25.8 Å². The van der Waals surface area contributed by atoms with Crippen LogP contribution in [0, 0.1) is 13.8 Å². The van der Waals surface area contributed by atoms with Crippen molar-refractivity contribution in [2.75, 3.05) is 20.8 Å². The summed E-state index contributed by atoms with van der Waals surface area (Å²) in [6, 6.07) is 4.68. The summed E-state index contributed by atoms with van der Waals surface area (Å²) in [6.45, 7) is 6.24. The molecule has 0 bridgehead atoms. The Morgan fingerprint density at radius 3 is 2.35 bits per heavy atom. The fourth-order valence-electron chi connectivity index (χ4n) is 2.90. The average Bonchev–Trinajstić information content (AvgIpc) is 2.92. The molecule has 0 aliphatic carbocycles. The van der Waals surface area contributed by atoms with Crippen LogP contribution in [0.25, 0.3) is 0 Å². The molecule has 0 radical (unpaired) electrons. The number of Topliss-reactive ketones (excluding diaryl/α,β-unsaturated/α-hetero) is 1. The number of methoxy groups -OCH3 is 2. The van der Waals surface area contributed by atoms with Crippen molar-refractivity contribution in [2.24, 2.45) is 0 Å². The third kappa shape index (κ3) is 3.85. The lowest BCUT2D eigenvalue weighted by Crippen LogP contribution is -2.15. The van der Waals surface area contributed by atoms with Crippen molar-refractivity contribution in [3.8, 4) is 11.5 Å². The first-order valence-corrected chi connectivity index (χ1v) is 8.50. The van der Waals surface area contributed by atoms with Gasteiger partial charge in [-0.15, -0.1) is 0 Å². The molecule has 2 aromatic rings. The lowest BCUT2D eigenvalue weighted by atomic mass is 10.1. The number of ketones is 1. The van der Waals surface area contributed by atoms with E-state index in [0.29, 0.717) is 17.1 Å². The molecule has 26 heavy (non-hydrogen) atoms. The molecule has 0 aliphatic rings. The van der Waals surface area contributed by atoms with Crippen molar-refractivity contribution < 1.29 is 23.8 Å². The number of hydrogen-bond donors (Lipinski definition) is 0. The maximum Gasteiger partial charge on any atom is 0.338 e. The molecule has 0 saturated carbocycles. The minimum Gasteiger partial charge on any atom is -0.493 e. The first-order valence-electron chi connectivity index (χ1n) is 8.12. The van der Waals surface area contributed by atoms with Gasteiger partial charge in [-0.2, -0.15) is 0 Å². The highest BCUT2D eigenvalue weighted by atomic mass is 35.5. The Morgan fingerprint density at radius 1 is 1.12 bits per heavy atom. The molecule has 0 saturated heterocycles. The highest BCUT2D eigenvalue weighted by Crippen LogP contribution is 2.36. The highest BCUT2D eigenvalue weighted by molar-refractivity contribution is 6.32. The van der Waals surface area contributed by atoms with Crippen LogP contribution in [0.2, 0.25) is 5.02 Å². The zero-order valence-corrected chi connectivity index (χ0v) is 16.3. The quantitative estimate of drug-likeness (QED) is 0.540. The van der Waals surface area contributed by atoms with Crippen LogP contribution in [0.15, 0.2) is 18.2 Å². The second-order valence-electron chi connectivity index (χ2n) is 5.72. The molecule has 0 N–H and O–H groups in total. The van der Waals surface area contributed by atoms with E-state index < -0.39 is 5.97 Å². The normalized spacial score (nSPS) is 10.5. The second kappa shape index (κ2) is 8.27. The van der Waals surface area contributed by atoms with Crippen molar-refractivity contribution in [3.63, 3.8) is 0 Å². The molecule has 1 heterocycles. The van der Waals surface area contributed by atoms with E-state index in [0.717, 1.165) is 17.9 Å². The zero-order valence-electron chi connectivity index (χ0n) is 15.5. The maximum atomic E-state index is 12.4. The Morgan fingerprint density at radius 2 is 1.81 bits per heavy atom. The molecular weight excluding hydrogens is 358 g/mol. The van der Waals surface area contributed by atoms with Gasteiger partial charge in [-0.05, 0) is 39.0 Å². The minimum absolute atomic E-state index is 0.180. The largest absolute Gasteiger partial charge is 0.493 e. The number of nitrogens with zero attached hydrogens (tertiary/aromatic N) is 1. The van der Waals surface area contributed by atoms with Crippen molar-refractivity contribution in [1.82, 2.24) is 4.57 Å². The van der Waals surface area contributed by atoms with Gasteiger partial charge in [0.2, 0.25) is 5.78 Å². The lowest BCUT2D eigenvalue weighted by molar-refractivity contribution is 0.0474. The summed E-state index contributed by atoms with van der Waals surface area (Å²) in [5.41, 5.74) is 2.59. The van der Waals surface area contributed by atoms with Crippen LogP contribution in [-0.2, 0) is 11.3 Å². The molecule has 0 aliphatic heterocycles. The van der Waals surface area contributed by atoms with Gasteiger partial charge in [-0.3, -0.25) is 4.79 Å². The van der Waals surface area contributed by atoms with Crippen LogP contribution < -0.4 is 9.47 Å². The van der Waals surface area contributed by atoms with Crippen molar-refractivity contribution in [3.05, 3.63) is 45.7 Å². The highest BCUT2D eigenvalue weighted by Gasteiger charge is 2.19. The van der Waals surface area contributed by atoms with Crippen LogP contribution >= 0.6 is 11.6 Å². The molecule has 0 atom stereocenters. The monoisotopic (exact) mass is 379 g/mol. The fourth-order valence-corrected chi connectivity index (χ4v) is 3.19. The number of rotatable bonds is 7. The molecule has 0 unspecified atom stereocenters. The number of esters is 1. The van der Waals surface area contributed by atoms with E-state index >= 15 is 0 Å². The van der Waals surface area contributed by atoms with Crippen LogP contribution in [0.3, 0.4) is 0 Å². The molecular formula is C19H22ClNO5. The number of aromatic nitrogens is 1. The summed E-state index contributed by atoms with van der Waals surface area (Å²) in [7, 11) is 2.89. The average molecular weight is 380 g/mol. The number of carbonyl (C=O) groups excluding carboxylic acids is 2. The van der Waals surface area contributed by atoms with E-state index in [1.807, 2.05) is 31.4 Å². The first-order chi connectivity index (χ1) is 12.3. The Labute approximate surface area is 157 Å². The van der Waals surface area contributed by atoms with Gasteiger partial charge in [0.25, 0.3) is 0 Å². The van der Waals surface area contributed by atoms with Crippen LogP contribution in [0.1, 0.15) is 39.0 Å². The Bertz CT molecular complexity index is 841. The van der Waals surface area contributed by atoms with Gasteiger partial charge >= 0.3 is 5.97 Å². The first kappa shape index (κ1) is 19.8. The number of benzene rings is 1. The van der Waals surface area contributed by atoms with Gasteiger partial charge in [-0.1, -0.05) is 11.6 Å². The van der Waals surface area contributed by atoms with Gasteiger partial charge in [0.1, 0.15) is 0 Å². The predicted molar refractivity (Wildman–Crippen MR) is 98.7 cm³/mol. The lowest BCUT2D eigenvalue weighted by Gasteiger charge is -2.11. The van der Waals surface area contributed by atoms with Crippen molar-refractivity contribution in [2.45, 2.75) is 27.3 Å². The second-order valence-corrected chi connectivity index (χ2v) is 6.13. The third-order valence-corrected chi connectivity index (χ3v) is 4.47. The van der Waals surface area contributed by atoms with E-state index in [2.05, 4.69) is 0 Å². The number of halogens is 1. The minimum atomic E-state index is -0.662. The smallest absolute Gasteiger partial charge is 0.338 e. The van der Waals surface area contributed by atoms with Gasteiger partial charge < -0.3 is 18.8 Å². The SMILES string of the molecule is CCn1c(C)cc(C(=O)COC(=O)c2cc(Cl)c(OC)c(OC)c2)c1C. The fraction of sp³-hybridized carbons (Fsp3) is 0.368. The number of carbonyl (C=O) groups is 2. The van der Waals surface area contributed by atoms with E-state index in [-0.39, 0.29) is 23.0 Å².